The van der Waals surface area contributed by atoms with Crippen molar-refractivity contribution >= 4 is 0 Å². The minimum atomic E-state index is -7.83. The fraction of sp³-hybridized carbons (Fsp3) is 1.00. The van der Waals surface area contributed by atoms with Gasteiger partial charge < -0.3 is 4.74 Å². The fourth-order valence-electron chi connectivity index (χ4n) is 4.03. The van der Waals surface area contributed by atoms with Gasteiger partial charge in [0.25, 0.3) is 0 Å². The van der Waals surface area contributed by atoms with Crippen molar-refractivity contribution in [3.8, 4) is 0 Å². The molecule has 1 heterocycles. The van der Waals surface area contributed by atoms with Crippen molar-refractivity contribution in [2.45, 2.75) is 60.8 Å². The van der Waals surface area contributed by atoms with Crippen molar-refractivity contribution in [1.29, 1.82) is 0 Å². The van der Waals surface area contributed by atoms with Crippen LogP contribution >= 0.6 is 0 Å². The molecule has 2 aliphatic carbocycles. The van der Waals surface area contributed by atoms with Crippen LogP contribution in [-0.2, 0) is 4.74 Å². The summed E-state index contributed by atoms with van der Waals surface area (Å²) in [5.74, 6) is -41.1. The van der Waals surface area contributed by atoms with E-state index < -0.39 is 72.2 Å². The summed E-state index contributed by atoms with van der Waals surface area (Å²) in [6.45, 7) is 0. The van der Waals surface area contributed by atoms with Crippen LogP contribution in [0, 0.1) is 17.8 Å². The minimum Gasteiger partial charge on any atom is -0.369 e. The summed E-state index contributed by atoms with van der Waals surface area (Å²) in [6.07, 6.45) is -9.88. The first kappa shape index (κ1) is 20.8. The molecule has 158 valence electrons. The van der Waals surface area contributed by atoms with E-state index in [1.54, 1.807) is 0 Å². The van der Waals surface area contributed by atoms with E-state index in [1.807, 2.05) is 0 Å². The molecule has 0 N–H and O–H groups in total. The molecule has 0 radical (unpaired) electrons. The molecule has 1 saturated heterocycles. The zero-order valence-corrected chi connectivity index (χ0v) is 12.6. The Morgan fingerprint density at radius 2 is 1.04 bits per heavy atom. The number of hydrogen-bond donors (Lipinski definition) is 0. The summed E-state index contributed by atoms with van der Waals surface area (Å²) >= 11 is 0. The monoisotopic (exact) mass is 428 g/mol. The van der Waals surface area contributed by atoms with Gasteiger partial charge in [-0.25, -0.2) is 0 Å². The van der Waals surface area contributed by atoms with Crippen LogP contribution in [0.4, 0.5) is 57.1 Å². The van der Waals surface area contributed by atoms with Crippen LogP contribution in [0.3, 0.4) is 0 Å². The lowest BCUT2D eigenvalue weighted by Gasteiger charge is -2.42. The summed E-state index contributed by atoms with van der Waals surface area (Å²) in [6, 6.07) is 0. The van der Waals surface area contributed by atoms with Crippen LogP contribution in [0.1, 0.15) is 12.8 Å². The predicted octanol–water partition coefficient (Wildman–Crippen LogP) is 5.15. The van der Waals surface area contributed by atoms with Crippen LogP contribution in [0.5, 0.6) is 0 Å². The molecule has 0 aromatic heterocycles. The summed E-state index contributed by atoms with van der Waals surface area (Å²) < 4.78 is 176. The molecule has 3 fully saturated rings. The lowest BCUT2D eigenvalue weighted by molar-refractivity contribution is -0.443. The maximum absolute atomic E-state index is 14.1. The van der Waals surface area contributed by atoms with Gasteiger partial charge in [-0.3, -0.25) is 0 Å². The summed E-state index contributed by atoms with van der Waals surface area (Å²) in [4.78, 5) is 0. The Hall–Kier alpha value is -0.950. The highest BCUT2D eigenvalue weighted by Gasteiger charge is 2.92. The van der Waals surface area contributed by atoms with Crippen LogP contribution in [0.25, 0.3) is 0 Å². The molecule has 0 amide bonds. The molecule has 3 rings (SSSR count). The number of halogens is 13. The van der Waals surface area contributed by atoms with Crippen molar-refractivity contribution in [2.24, 2.45) is 17.8 Å². The van der Waals surface area contributed by atoms with E-state index in [0.717, 1.165) is 0 Å². The second-order valence-electron chi connectivity index (χ2n) is 6.99. The third kappa shape index (κ3) is 2.30. The van der Waals surface area contributed by atoms with Crippen LogP contribution in [0.2, 0.25) is 0 Å². The van der Waals surface area contributed by atoms with E-state index in [0.29, 0.717) is 0 Å². The molecule has 5 atom stereocenters. The Morgan fingerprint density at radius 3 is 1.44 bits per heavy atom. The molecule has 1 nitrogen and oxygen atoms in total. The van der Waals surface area contributed by atoms with Crippen molar-refractivity contribution in [3.63, 3.8) is 0 Å². The molecule has 0 aromatic carbocycles. The first-order valence-corrected chi connectivity index (χ1v) is 7.43. The Balaban J connectivity index is 1.96. The number of ether oxygens (including phenoxy) is 1. The molecule has 1 aliphatic heterocycles. The Bertz CT molecular complexity index is 624. The molecular weight excluding hydrogens is 419 g/mol. The smallest absolute Gasteiger partial charge is 0.369 e. The van der Waals surface area contributed by atoms with E-state index >= 15 is 0 Å². The Kier molecular flexibility index (Phi) is 3.96. The van der Waals surface area contributed by atoms with E-state index in [9.17, 15) is 57.1 Å². The number of epoxide rings is 1. The lowest BCUT2D eigenvalue weighted by atomic mass is 9.79. The number of hydrogen-bond acceptors (Lipinski definition) is 1. The quantitative estimate of drug-likeness (QED) is 0.436. The zero-order valence-electron chi connectivity index (χ0n) is 12.6. The van der Waals surface area contributed by atoms with Crippen molar-refractivity contribution in [3.05, 3.63) is 0 Å². The molecule has 5 unspecified atom stereocenters. The fourth-order valence-corrected chi connectivity index (χ4v) is 4.03. The average Bonchev–Trinajstić information content (AvgIpc) is 3.09. The molecule has 2 bridgehead atoms. The Morgan fingerprint density at radius 1 is 0.556 bits per heavy atom. The van der Waals surface area contributed by atoms with Gasteiger partial charge in [0.15, 0.2) is 0 Å². The van der Waals surface area contributed by atoms with Gasteiger partial charge in [0.1, 0.15) is 0 Å². The molecule has 0 aromatic rings. The van der Waals surface area contributed by atoms with Gasteiger partial charge in [-0.2, -0.15) is 57.1 Å². The van der Waals surface area contributed by atoms with E-state index in [-0.39, 0.29) is 6.42 Å². The summed E-state index contributed by atoms with van der Waals surface area (Å²) in [7, 11) is 0. The highest BCUT2D eigenvalue weighted by atomic mass is 19.4. The second-order valence-corrected chi connectivity index (χ2v) is 6.99. The van der Waals surface area contributed by atoms with Gasteiger partial charge in [-0.05, 0) is 24.7 Å². The number of rotatable bonds is 5. The third-order valence-electron chi connectivity index (χ3n) is 5.52. The molecule has 2 saturated carbocycles. The summed E-state index contributed by atoms with van der Waals surface area (Å²) in [5, 5.41) is 0. The topological polar surface area (TPSA) is 12.5 Å². The lowest BCUT2D eigenvalue weighted by Crippen LogP contribution is -2.71. The van der Waals surface area contributed by atoms with E-state index in [1.165, 1.54) is 0 Å². The van der Waals surface area contributed by atoms with Crippen molar-refractivity contribution < 1.29 is 61.8 Å². The van der Waals surface area contributed by atoms with Gasteiger partial charge in [0.05, 0.1) is 12.2 Å². The van der Waals surface area contributed by atoms with Gasteiger partial charge in [-0.1, -0.05) is 0 Å². The minimum absolute atomic E-state index is 0.146. The molecule has 3 aliphatic rings. The second kappa shape index (κ2) is 5.15. The largest absolute Gasteiger partial charge is 0.460 e. The number of fused-ring (bicyclic) bond motifs is 5. The first-order chi connectivity index (χ1) is 11.8. The Labute approximate surface area is 141 Å². The van der Waals surface area contributed by atoms with Gasteiger partial charge in [-0.15, -0.1) is 0 Å². The van der Waals surface area contributed by atoms with E-state index in [2.05, 4.69) is 0 Å². The average molecular weight is 428 g/mol. The zero-order chi connectivity index (χ0) is 21.0. The predicted molar refractivity (Wildman–Crippen MR) is 59.2 cm³/mol. The van der Waals surface area contributed by atoms with Crippen molar-refractivity contribution in [1.82, 2.24) is 0 Å². The first-order valence-electron chi connectivity index (χ1n) is 7.43. The standard InChI is InChI=1S/C13H9F13O/c14-8(15,5-2-3-1-4(5)7-6(3)27-7)9(16,17)10(18,19)11(20,21)12(22,23)13(24,25)26/h3-7H,1-2H2. The van der Waals surface area contributed by atoms with Crippen LogP contribution in [0.15, 0.2) is 0 Å². The van der Waals surface area contributed by atoms with Crippen molar-refractivity contribution in [2.75, 3.05) is 0 Å². The number of alkyl halides is 13. The molecular formula is C13H9F13O. The SMILES string of the molecule is FC(F)(F)C(F)(F)C(F)(F)C(F)(F)C(F)(F)C(F)(F)C1CC2CC1C1OC21. The van der Waals surface area contributed by atoms with Gasteiger partial charge >= 0.3 is 35.8 Å². The highest BCUT2D eigenvalue weighted by Crippen LogP contribution is 2.67. The van der Waals surface area contributed by atoms with Crippen LogP contribution in [-0.4, -0.2) is 48.0 Å². The third-order valence-corrected chi connectivity index (χ3v) is 5.52. The molecule has 0 spiro atoms. The maximum atomic E-state index is 14.1. The molecule has 27 heavy (non-hydrogen) atoms. The van der Waals surface area contributed by atoms with E-state index in [4.69, 9.17) is 4.74 Å². The highest BCUT2D eigenvalue weighted by molar-refractivity contribution is 5.18. The normalized spacial score (nSPS) is 34.8. The maximum Gasteiger partial charge on any atom is 0.460 e. The molecule has 14 heteroatoms. The van der Waals surface area contributed by atoms with Gasteiger partial charge in [0, 0.05) is 5.92 Å². The summed E-state index contributed by atoms with van der Waals surface area (Å²) in [5.41, 5.74) is 0. The van der Waals surface area contributed by atoms with Gasteiger partial charge in [0.2, 0.25) is 0 Å². The van der Waals surface area contributed by atoms with Crippen LogP contribution < -0.4 is 0 Å².